The monoisotopic (exact) mass is 298 g/mol. The molecule has 0 fully saturated rings. The molecule has 0 amide bonds. The number of rotatable bonds is 6. The first-order chi connectivity index (χ1) is 8.22. The van der Waals surface area contributed by atoms with Gasteiger partial charge in [-0.2, -0.15) is 5.26 Å². The zero-order chi connectivity index (χ0) is 12.7. The second kappa shape index (κ2) is 7.15. The van der Waals surface area contributed by atoms with Gasteiger partial charge in [-0.05, 0) is 47.6 Å². The highest BCUT2D eigenvalue weighted by molar-refractivity contribution is 9.10. The van der Waals surface area contributed by atoms with Crippen molar-refractivity contribution in [2.45, 2.75) is 13.5 Å². The Morgan fingerprint density at radius 1 is 1.41 bits per heavy atom. The third kappa shape index (κ3) is 3.91. The minimum absolute atomic E-state index is 0.00402. The van der Waals surface area contributed by atoms with E-state index in [2.05, 4.69) is 21.2 Å². The van der Waals surface area contributed by atoms with E-state index >= 15 is 0 Å². The van der Waals surface area contributed by atoms with Crippen LogP contribution in [0.2, 0.25) is 0 Å². The summed E-state index contributed by atoms with van der Waals surface area (Å²) in [5, 5.41) is 11.6. The first kappa shape index (κ1) is 13.8. The molecule has 0 aliphatic carbocycles. The highest BCUT2D eigenvalue weighted by Gasteiger charge is 2.11. The molecular formula is C12H15BrN2O2. The molecule has 1 N–H and O–H groups in total. The molecule has 17 heavy (non-hydrogen) atoms. The van der Waals surface area contributed by atoms with Crippen LogP contribution in [0.25, 0.3) is 0 Å². The van der Waals surface area contributed by atoms with Gasteiger partial charge in [-0.15, -0.1) is 0 Å². The third-order valence-electron chi connectivity index (χ3n) is 2.03. The molecule has 0 saturated heterocycles. The lowest BCUT2D eigenvalue weighted by molar-refractivity contribution is 0.297. The molecule has 92 valence electrons. The van der Waals surface area contributed by atoms with E-state index < -0.39 is 0 Å². The molecule has 0 aromatic heterocycles. The summed E-state index contributed by atoms with van der Waals surface area (Å²) in [4.78, 5) is 0. The van der Waals surface area contributed by atoms with E-state index in [4.69, 9.17) is 14.7 Å². The molecular weight excluding hydrogens is 284 g/mol. The van der Waals surface area contributed by atoms with Gasteiger partial charge in [0.1, 0.15) is 6.07 Å². The third-order valence-corrected chi connectivity index (χ3v) is 2.62. The summed E-state index contributed by atoms with van der Waals surface area (Å²) < 4.78 is 11.7. The zero-order valence-corrected chi connectivity index (χ0v) is 11.5. The van der Waals surface area contributed by atoms with Crippen molar-refractivity contribution in [1.82, 2.24) is 5.32 Å². The van der Waals surface area contributed by atoms with Gasteiger partial charge in [-0.1, -0.05) is 0 Å². The molecule has 1 aromatic carbocycles. The Hall–Kier alpha value is -1.25. The number of nitriles is 1. The Balaban J connectivity index is 3.04. The van der Waals surface area contributed by atoms with Crippen LogP contribution in [0.4, 0.5) is 0 Å². The molecule has 0 aliphatic rings. The van der Waals surface area contributed by atoms with E-state index in [1.807, 2.05) is 32.2 Å². The topological polar surface area (TPSA) is 54.3 Å². The van der Waals surface area contributed by atoms with Gasteiger partial charge < -0.3 is 14.8 Å². The summed E-state index contributed by atoms with van der Waals surface area (Å²) in [7, 11) is 1.88. The predicted molar refractivity (Wildman–Crippen MR) is 69.2 cm³/mol. The molecule has 0 radical (unpaired) electrons. The van der Waals surface area contributed by atoms with Gasteiger partial charge in [-0.3, -0.25) is 0 Å². The molecule has 0 aliphatic heterocycles. The summed E-state index contributed by atoms with van der Waals surface area (Å²) in [6.07, 6.45) is 0. The van der Waals surface area contributed by atoms with E-state index in [0.29, 0.717) is 18.1 Å². The fourth-order valence-corrected chi connectivity index (χ4v) is 2.04. The Kier molecular flexibility index (Phi) is 5.81. The van der Waals surface area contributed by atoms with Crippen LogP contribution in [0.5, 0.6) is 11.5 Å². The number of hydrogen-bond donors (Lipinski definition) is 1. The van der Waals surface area contributed by atoms with E-state index in [9.17, 15) is 0 Å². The number of ether oxygens (including phenoxy) is 2. The van der Waals surface area contributed by atoms with Gasteiger partial charge >= 0.3 is 0 Å². The SMILES string of the molecule is CCOc1cc(CNC)cc(Br)c1OCC#N. The summed E-state index contributed by atoms with van der Waals surface area (Å²) in [5.74, 6) is 1.23. The zero-order valence-electron chi connectivity index (χ0n) is 9.92. The summed E-state index contributed by atoms with van der Waals surface area (Å²) >= 11 is 3.43. The molecule has 0 heterocycles. The van der Waals surface area contributed by atoms with Crippen molar-refractivity contribution in [2.75, 3.05) is 20.3 Å². The minimum Gasteiger partial charge on any atom is -0.490 e. The van der Waals surface area contributed by atoms with Crippen molar-refractivity contribution in [3.05, 3.63) is 22.2 Å². The molecule has 1 aromatic rings. The lowest BCUT2D eigenvalue weighted by Crippen LogP contribution is -2.07. The second-order valence-corrected chi connectivity index (χ2v) is 4.17. The number of halogens is 1. The average molecular weight is 299 g/mol. The maximum absolute atomic E-state index is 8.54. The number of nitrogens with one attached hydrogen (secondary N) is 1. The standard InChI is InChI=1S/C12H15BrN2O2/c1-3-16-11-7-9(8-15-2)6-10(13)12(11)17-5-4-14/h6-7,15H,3,5,8H2,1-2H3. The van der Waals surface area contributed by atoms with Gasteiger partial charge in [0.05, 0.1) is 11.1 Å². The largest absolute Gasteiger partial charge is 0.490 e. The summed E-state index contributed by atoms with van der Waals surface area (Å²) in [6, 6.07) is 5.81. The van der Waals surface area contributed by atoms with Crippen molar-refractivity contribution in [3.63, 3.8) is 0 Å². The van der Waals surface area contributed by atoms with Crippen LogP contribution in [-0.2, 0) is 6.54 Å². The maximum Gasteiger partial charge on any atom is 0.176 e. The van der Waals surface area contributed by atoms with E-state index in [-0.39, 0.29) is 6.61 Å². The van der Waals surface area contributed by atoms with Gasteiger partial charge in [0.15, 0.2) is 18.1 Å². The average Bonchev–Trinajstić information content (AvgIpc) is 2.29. The first-order valence-electron chi connectivity index (χ1n) is 5.32. The quantitative estimate of drug-likeness (QED) is 0.876. The van der Waals surface area contributed by atoms with Crippen molar-refractivity contribution in [3.8, 4) is 17.6 Å². The second-order valence-electron chi connectivity index (χ2n) is 3.32. The van der Waals surface area contributed by atoms with Crippen LogP contribution in [0.3, 0.4) is 0 Å². The normalized spacial score (nSPS) is 9.76. The predicted octanol–water partition coefficient (Wildman–Crippen LogP) is 2.47. The van der Waals surface area contributed by atoms with Crippen LogP contribution >= 0.6 is 15.9 Å². The molecule has 0 bridgehead atoms. The molecule has 0 unspecified atom stereocenters. The summed E-state index contributed by atoms with van der Waals surface area (Å²) in [5.41, 5.74) is 1.09. The Morgan fingerprint density at radius 2 is 2.18 bits per heavy atom. The Labute approximate surface area is 110 Å². The molecule has 4 nitrogen and oxygen atoms in total. The number of benzene rings is 1. The van der Waals surface area contributed by atoms with Crippen molar-refractivity contribution in [2.24, 2.45) is 0 Å². The molecule has 1 rings (SSSR count). The maximum atomic E-state index is 8.54. The lowest BCUT2D eigenvalue weighted by Gasteiger charge is -2.13. The van der Waals surface area contributed by atoms with Gasteiger partial charge in [0, 0.05) is 6.54 Å². The van der Waals surface area contributed by atoms with E-state index in [1.54, 1.807) is 0 Å². The lowest BCUT2D eigenvalue weighted by atomic mass is 10.2. The van der Waals surface area contributed by atoms with Gasteiger partial charge in [0.25, 0.3) is 0 Å². The fraction of sp³-hybridized carbons (Fsp3) is 0.417. The Bertz CT molecular complexity index is 416. The van der Waals surface area contributed by atoms with Gasteiger partial charge in [-0.25, -0.2) is 0 Å². The Morgan fingerprint density at radius 3 is 2.76 bits per heavy atom. The molecule has 0 spiro atoms. The van der Waals surface area contributed by atoms with E-state index in [1.165, 1.54) is 0 Å². The van der Waals surface area contributed by atoms with Crippen LogP contribution in [0.15, 0.2) is 16.6 Å². The highest BCUT2D eigenvalue weighted by atomic mass is 79.9. The summed E-state index contributed by atoms with van der Waals surface area (Å²) in [6.45, 7) is 3.21. The molecule has 0 atom stereocenters. The smallest absolute Gasteiger partial charge is 0.176 e. The number of hydrogen-bond acceptors (Lipinski definition) is 4. The fourth-order valence-electron chi connectivity index (χ4n) is 1.44. The first-order valence-corrected chi connectivity index (χ1v) is 6.11. The minimum atomic E-state index is 0.00402. The number of nitrogens with zero attached hydrogens (tertiary/aromatic N) is 1. The van der Waals surface area contributed by atoms with Crippen LogP contribution < -0.4 is 14.8 Å². The van der Waals surface area contributed by atoms with Gasteiger partial charge in [0.2, 0.25) is 0 Å². The van der Waals surface area contributed by atoms with Crippen molar-refractivity contribution >= 4 is 15.9 Å². The van der Waals surface area contributed by atoms with Crippen molar-refractivity contribution in [1.29, 1.82) is 5.26 Å². The van der Waals surface area contributed by atoms with Crippen LogP contribution in [0.1, 0.15) is 12.5 Å². The van der Waals surface area contributed by atoms with Crippen LogP contribution in [0, 0.1) is 11.3 Å². The van der Waals surface area contributed by atoms with Crippen molar-refractivity contribution < 1.29 is 9.47 Å². The molecule has 0 saturated carbocycles. The molecule has 5 heteroatoms. The van der Waals surface area contributed by atoms with E-state index in [0.717, 1.165) is 16.6 Å². The highest BCUT2D eigenvalue weighted by Crippen LogP contribution is 2.36. The van der Waals surface area contributed by atoms with Crippen LogP contribution in [-0.4, -0.2) is 20.3 Å².